The summed E-state index contributed by atoms with van der Waals surface area (Å²) in [5, 5.41) is 0. The minimum absolute atomic E-state index is 0.0149. The van der Waals surface area contributed by atoms with Gasteiger partial charge >= 0.3 is 0 Å². The lowest BCUT2D eigenvalue weighted by Crippen LogP contribution is -2.27. The first kappa shape index (κ1) is 14.3. The Labute approximate surface area is 120 Å². The van der Waals surface area contributed by atoms with Gasteiger partial charge in [-0.1, -0.05) is 30.3 Å². The summed E-state index contributed by atoms with van der Waals surface area (Å²) in [6.07, 6.45) is 0. The van der Waals surface area contributed by atoms with Gasteiger partial charge in [-0.3, -0.25) is 4.79 Å². The Kier molecular flexibility index (Phi) is 4.20. The van der Waals surface area contributed by atoms with Crippen LogP contribution in [-0.4, -0.2) is 13.0 Å². The van der Waals surface area contributed by atoms with Gasteiger partial charge in [-0.2, -0.15) is 0 Å². The van der Waals surface area contributed by atoms with Gasteiger partial charge in [-0.25, -0.2) is 0 Å². The number of hydrogen-bond donors (Lipinski definition) is 1. The van der Waals surface area contributed by atoms with Crippen LogP contribution < -0.4 is 10.6 Å². The highest BCUT2D eigenvalue weighted by Crippen LogP contribution is 2.20. The fourth-order valence-corrected chi connectivity index (χ4v) is 2.29. The van der Waals surface area contributed by atoms with E-state index < -0.39 is 0 Å². The molecule has 2 aromatic rings. The molecule has 0 atom stereocenters. The molecule has 0 aliphatic rings. The van der Waals surface area contributed by atoms with E-state index in [0.29, 0.717) is 6.54 Å². The fourth-order valence-electron chi connectivity index (χ4n) is 2.29. The average molecular weight is 268 g/mol. The summed E-state index contributed by atoms with van der Waals surface area (Å²) in [6.45, 7) is 4.44. The van der Waals surface area contributed by atoms with Crippen molar-refractivity contribution in [3.05, 3.63) is 64.7 Å². The number of rotatable bonds is 3. The van der Waals surface area contributed by atoms with Crippen molar-refractivity contribution in [2.45, 2.75) is 20.4 Å². The van der Waals surface area contributed by atoms with E-state index in [0.717, 1.165) is 27.9 Å². The minimum Gasteiger partial charge on any atom is -0.326 e. The van der Waals surface area contributed by atoms with Crippen LogP contribution in [0.5, 0.6) is 0 Å². The molecule has 2 aromatic carbocycles. The third kappa shape index (κ3) is 2.73. The fraction of sp³-hybridized carbons (Fsp3) is 0.235. The van der Waals surface area contributed by atoms with Crippen molar-refractivity contribution in [2.24, 2.45) is 5.73 Å². The Morgan fingerprint density at radius 2 is 1.60 bits per heavy atom. The van der Waals surface area contributed by atoms with Crippen LogP contribution >= 0.6 is 0 Å². The number of carbonyl (C=O) groups is 1. The monoisotopic (exact) mass is 268 g/mol. The number of benzene rings is 2. The molecule has 0 aliphatic heterocycles. The Balaban J connectivity index is 2.32. The first-order valence-electron chi connectivity index (χ1n) is 6.68. The highest BCUT2D eigenvalue weighted by atomic mass is 16.2. The molecule has 0 radical (unpaired) electrons. The Morgan fingerprint density at radius 3 is 2.10 bits per heavy atom. The lowest BCUT2D eigenvalue weighted by molar-refractivity contribution is 0.0992. The molecule has 0 fully saturated rings. The molecular formula is C17H20N2O. The van der Waals surface area contributed by atoms with Crippen LogP contribution in [0.1, 0.15) is 27.0 Å². The molecule has 3 nitrogen and oxygen atoms in total. The molecular weight excluding hydrogens is 248 g/mol. The lowest BCUT2D eigenvalue weighted by atomic mass is 10.0. The van der Waals surface area contributed by atoms with Crippen LogP contribution in [0, 0.1) is 13.8 Å². The average Bonchev–Trinajstić information content (AvgIpc) is 2.46. The van der Waals surface area contributed by atoms with Crippen molar-refractivity contribution in [3.63, 3.8) is 0 Å². The molecule has 2 rings (SSSR count). The van der Waals surface area contributed by atoms with Crippen molar-refractivity contribution in [1.82, 2.24) is 0 Å². The molecule has 1 amide bonds. The van der Waals surface area contributed by atoms with Gasteiger partial charge in [-0.05, 0) is 42.7 Å². The topological polar surface area (TPSA) is 46.3 Å². The largest absolute Gasteiger partial charge is 0.326 e. The van der Waals surface area contributed by atoms with Crippen LogP contribution in [0.15, 0.2) is 42.5 Å². The molecule has 0 aromatic heterocycles. The van der Waals surface area contributed by atoms with Crippen LogP contribution in [0.3, 0.4) is 0 Å². The molecule has 2 N–H and O–H groups in total. The third-order valence-electron chi connectivity index (χ3n) is 3.56. The van der Waals surface area contributed by atoms with E-state index in [4.69, 9.17) is 5.73 Å². The van der Waals surface area contributed by atoms with Gasteiger partial charge in [-0.15, -0.1) is 0 Å². The van der Waals surface area contributed by atoms with Gasteiger partial charge in [0, 0.05) is 24.8 Å². The molecule has 0 bridgehead atoms. The standard InChI is InChI=1S/C17H20N2O/c1-12-5-4-6-13(2)16(12)17(20)19(3)15-9-7-14(11-18)8-10-15/h4-10H,11,18H2,1-3H3. The molecule has 0 saturated carbocycles. The van der Waals surface area contributed by atoms with Crippen LogP contribution in [-0.2, 0) is 6.54 Å². The van der Waals surface area contributed by atoms with Gasteiger partial charge in [0.25, 0.3) is 5.91 Å². The second-order valence-corrected chi connectivity index (χ2v) is 5.00. The van der Waals surface area contributed by atoms with Crippen LogP contribution in [0.2, 0.25) is 0 Å². The summed E-state index contributed by atoms with van der Waals surface area (Å²) in [4.78, 5) is 14.3. The van der Waals surface area contributed by atoms with E-state index in [1.807, 2.05) is 56.3 Å². The van der Waals surface area contributed by atoms with Crippen molar-refractivity contribution in [2.75, 3.05) is 11.9 Å². The first-order chi connectivity index (χ1) is 9.54. The highest BCUT2D eigenvalue weighted by Gasteiger charge is 2.17. The van der Waals surface area contributed by atoms with Crippen molar-refractivity contribution in [3.8, 4) is 0 Å². The maximum atomic E-state index is 12.6. The summed E-state index contributed by atoms with van der Waals surface area (Å²) in [7, 11) is 1.80. The molecule has 0 heterocycles. The van der Waals surface area contributed by atoms with E-state index in [-0.39, 0.29) is 5.91 Å². The third-order valence-corrected chi connectivity index (χ3v) is 3.56. The molecule has 3 heteroatoms. The van der Waals surface area contributed by atoms with E-state index in [1.165, 1.54) is 0 Å². The lowest BCUT2D eigenvalue weighted by Gasteiger charge is -2.20. The maximum absolute atomic E-state index is 12.6. The summed E-state index contributed by atoms with van der Waals surface area (Å²) < 4.78 is 0. The highest BCUT2D eigenvalue weighted by molar-refractivity contribution is 6.07. The van der Waals surface area contributed by atoms with Gasteiger partial charge in [0.05, 0.1) is 0 Å². The Morgan fingerprint density at radius 1 is 1.05 bits per heavy atom. The van der Waals surface area contributed by atoms with Gasteiger partial charge in [0.15, 0.2) is 0 Å². The zero-order valence-electron chi connectivity index (χ0n) is 12.2. The van der Waals surface area contributed by atoms with Crippen molar-refractivity contribution >= 4 is 11.6 Å². The Hall–Kier alpha value is -2.13. The summed E-state index contributed by atoms with van der Waals surface area (Å²) in [5.74, 6) is 0.0149. The quantitative estimate of drug-likeness (QED) is 0.930. The van der Waals surface area contributed by atoms with E-state index in [2.05, 4.69) is 0 Å². The number of carbonyl (C=O) groups excluding carboxylic acids is 1. The normalized spacial score (nSPS) is 10.4. The zero-order chi connectivity index (χ0) is 14.7. The molecule has 0 aliphatic carbocycles. The number of anilines is 1. The number of amides is 1. The van der Waals surface area contributed by atoms with E-state index in [1.54, 1.807) is 11.9 Å². The first-order valence-corrected chi connectivity index (χ1v) is 6.68. The zero-order valence-corrected chi connectivity index (χ0v) is 12.2. The van der Waals surface area contributed by atoms with Crippen molar-refractivity contribution in [1.29, 1.82) is 0 Å². The number of nitrogens with two attached hydrogens (primary N) is 1. The van der Waals surface area contributed by atoms with Gasteiger partial charge in [0.1, 0.15) is 0 Å². The predicted molar refractivity (Wildman–Crippen MR) is 83.0 cm³/mol. The second-order valence-electron chi connectivity index (χ2n) is 5.00. The molecule has 0 saturated heterocycles. The SMILES string of the molecule is Cc1cccc(C)c1C(=O)N(C)c1ccc(CN)cc1. The van der Waals surface area contributed by atoms with E-state index >= 15 is 0 Å². The Bertz CT molecular complexity index is 597. The molecule has 104 valence electrons. The second kappa shape index (κ2) is 5.88. The number of aryl methyl sites for hydroxylation is 2. The smallest absolute Gasteiger partial charge is 0.258 e. The summed E-state index contributed by atoms with van der Waals surface area (Å²) in [6, 6.07) is 13.6. The van der Waals surface area contributed by atoms with Crippen molar-refractivity contribution < 1.29 is 4.79 Å². The summed E-state index contributed by atoms with van der Waals surface area (Å²) in [5.41, 5.74) is 10.3. The predicted octanol–water partition coefficient (Wildman–Crippen LogP) is 3.04. The van der Waals surface area contributed by atoms with E-state index in [9.17, 15) is 4.79 Å². The summed E-state index contributed by atoms with van der Waals surface area (Å²) >= 11 is 0. The van der Waals surface area contributed by atoms with Gasteiger partial charge < -0.3 is 10.6 Å². The van der Waals surface area contributed by atoms with Gasteiger partial charge in [0.2, 0.25) is 0 Å². The number of nitrogens with zero attached hydrogens (tertiary/aromatic N) is 1. The molecule has 20 heavy (non-hydrogen) atoms. The number of hydrogen-bond acceptors (Lipinski definition) is 2. The van der Waals surface area contributed by atoms with Crippen LogP contribution in [0.4, 0.5) is 5.69 Å². The molecule has 0 spiro atoms. The van der Waals surface area contributed by atoms with Crippen LogP contribution in [0.25, 0.3) is 0 Å². The minimum atomic E-state index is 0.0149. The molecule has 0 unspecified atom stereocenters. The maximum Gasteiger partial charge on any atom is 0.258 e.